The van der Waals surface area contributed by atoms with Gasteiger partial charge in [0.05, 0.1) is 6.61 Å². The maximum Gasteiger partial charge on any atom is 0.253 e. The second-order valence-corrected chi connectivity index (χ2v) is 7.51. The second kappa shape index (κ2) is 10.6. The van der Waals surface area contributed by atoms with E-state index < -0.39 is 5.78 Å². The molecule has 5 N–H and O–H groups in total. The van der Waals surface area contributed by atoms with Crippen LogP contribution in [0.4, 0.5) is 5.69 Å². The fraction of sp³-hybridized carbons (Fsp3) is 0.292. The van der Waals surface area contributed by atoms with Crippen molar-refractivity contribution in [3.63, 3.8) is 0 Å². The molecular formula is C24H28N4O4. The molecule has 1 saturated heterocycles. The summed E-state index contributed by atoms with van der Waals surface area (Å²) in [5.74, 6) is -0.0405. The lowest BCUT2D eigenvalue weighted by molar-refractivity contribution is -0.108. The number of allylic oxidation sites excluding steroid dienone is 1. The second-order valence-electron chi connectivity index (χ2n) is 7.51. The quantitative estimate of drug-likeness (QED) is 0.239. The SMILES string of the molecule is COCCOc1ccc(C(=N)C(=O)/C=C(\N)c2ccc(C(=O)N3CCCC3)cc2)c(N)c1. The van der Waals surface area contributed by atoms with Crippen LogP contribution >= 0.6 is 0 Å². The number of nitrogens with one attached hydrogen (secondary N) is 1. The number of hydrogen-bond donors (Lipinski definition) is 3. The van der Waals surface area contributed by atoms with Gasteiger partial charge in [0, 0.05) is 54.9 Å². The van der Waals surface area contributed by atoms with Crippen molar-refractivity contribution in [2.45, 2.75) is 12.8 Å². The van der Waals surface area contributed by atoms with Gasteiger partial charge in [0.15, 0.2) is 0 Å². The van der Waals surface area contributed by atoms with Gasteiger partial charge in [-0.05, 0) is 42.7 Å². The minimum atomic E-state index is -0.570. The highest BCUT2D eigenvalue weighted by Gasteiger charge is 2.19. The number of likely N-dealkylation sites (tertiary alicyclic amines) is 1. The smallest absolute Gasteiger partial charge is 0.253 e. The van der Waals surface area contributed by atoms with E-state index in [1.807, 2.05) is 4.90 Å². The van der Waals surface area contributed by atoms with Gasteiger partial charge in [0.1, 0.15) is 18.1 Å². The van der Waals surface area contributed by atoms with Gasteiger partial charge < -0.3 is 25.8 Å². The zero-order valence-corrected chi connectivity index (χ0v) is 18.1. The largest absolute Gasteiger partial charge is 0.491 e. The van der Waals surface area contributed by atoms with Crippen LogP contribution < -0.4 is 16.2 Å². The van der Waals surface area contributed by atoms with Crippen LogP contribution in [0.1, 0.15) is 34.3 Å². The zero-order valence-electron chi connectivity index (χ0n) is 18.1. The Labute approximate surface area is 187 Å². The van der Waals surface area contributed by atoms with Gasteiger partial charge in [-0.25, -0.2) is 0 Å². The molecule has 1 aliphatic heterocycles. The molecule has 0 bridgehead atoms. The van der Waals surface area contributed by atoms with Gasteiger partial charge in [-0.1, -0.05) is 12.1 Å². The first-order valence-corrected chi connectivity index (χ1v) is 10.4. The highest BCUT2D eigenvalue weighted by Crippen LogP contribution is 2.21. The lowest BCUT2D eigenvalue weighted by atomic mass is 10.0. The van der Waals surface area contributed by atoms with Crippen molar-refractivity contribution in [2.75, 3.05) is 39.1 Å². The Balaban J connectivity index is 1.67. The molecule has 2 aromatic rings. The van der Waals surface area contributed by atoms with Crippen molar-refractivity contribution in [2.24, 2.45) is 5.73 Å². The van der Waals surface area contributed by atoms with Gasteiger partial charge in [-0.15, -0.1) is 0 Å². The molecule has 8 nitrogen and oxygen atoms in total. The van der Waals surface area contributed by atoms with Gasteiger partial charge in [0.2, 0.25) is 5.78 Å². The molecule has 1 heterocycles. The zero-order chi connectivity index (χ0) is 23.1. The maximum absolute atomic E-state index is 12.6. The van der Waals surface area contributed by atoms with Gasteiger partial charge in [0.25, 0.3) is 5.91 Å². The molecule has 0 unspecified atom stereocenters. The molecule has 1 fully saturated rings. The van der Waals surface area contributed by atoms with Crippen LogP contribution in [0.25, 0.3) is 5.70 Å². The lowest BCUT2D eigenvalue weighted by Crippen LogP contribution is -2.27. The molecule has 32 heavy (non-hydrogen) atoms. The highest BCUT2D eigenvalue weighted by atomic mass is 16.5. The standard InChI is InChI=1S/C24H28N4O4/c1-31-12-13-32-18-8-9-19(21(26)14-18)23(27)22(29)15-20(25)16-4-6-17(7-5-16)24(30)28-10-2-3-11-28/h4-9,14-15,27H,2-3,10-13,25-26H2,1H3/b20-15-,27-23?. The first-order valence-electron chi connectivity index (χ1n) is 10.4. The van der Waals surface area contributed by atoms with Crippen LogP contribution in [0.3, 0.4) is 0 Å². The summed E-state index contributed by atoms with van der Waals surface area (Å²) in [6.45, 7) is 2.37. The average molecular weight is 437 g/mol. The number of hydrogen-bond acceptors (Lipinski definition) is 7. The number of anilines is 1. The summed E-state index contributed by atoms with van der Waals surface area (Å²) in [6.07, 6.45) is 3.26. The normalized spacial score (nSPS) is 13.8. The Kier molecular flexibility index (Phi) is 7.62. The van der Waals surface area contributed by atoms with Crippen molar-refractivity contribution < 1.29 is 19.1 Å². The maximum atomic E-state index is 12.6. The predicted molar refractivity (Wildman–Crippen MR) is 124 cm³/mol. The van der Waals surface area contributed by atoms with E-state index in [1.165, 1.54) is 6.08 Å². The highest BCUT2D eigenvalue weighted by molar-refractivity contribution is 6.50. The first kappa shape index (κ1) is 23.0. The molecule has 168 valence electrons. The van der Waals surface area contributed by atoms with E-state index in [9.17, 15) is 9.59 Å². The topological polar surface area (TPSA) is 132 Å². The molecule has 0 aromatic heterocycles. The van der Waals surface area contributed by atoms with Gasteiger partial charge >= 0.3 is 0 Å². The van der Waals surface area contributed by atoms with E-state index in [0.717, 1.165) is 25.9 Å². The molecule has 0 radical (unpaired) electrons. The molecule has 1 amide bonds. The summed E-state index contributed by atoms with van der Waals surface area (Å²) >= 11 is 0. The number of nitrogens with two attached hydrogens (primary N) is 2. The Morgan fingerprint density at radius 3 is 2.34 bits per heavy atom. The Hall–Kier alpha value is -3.65. The molecule has 3 rings (SSSR count). The van der Waals surface area contributed by atoms with Gasteiger partial charge in [-0.2, -0.15) is 0 Å². The van der Waals surface area contributed by atoms with Crippen molar-refractivity contribution in [1.82, 2.24) is 4.90 Å². The Morgan fingerprint density at radius 2 is 1.72 bits per heavy atom. The molecule has 0 spiro atoms. The van der Waals surface area contributed by atoms with E-state index in [1.54, 1.807) is 49.6 Å². The van der Waals surface area contributed by atoms with Crippen molar-refractivity contribution in [1.29, 1.82) is 5.41 Å². The fourth-order valence-electron chi connectivity index (χ4n) is 3.44. The van der Waals surface area contributed by atoms with E-state index >= 15 is 0 Å². The van der Waals surface area contributed by atoms with E-state index in [-0.39, 0.29) is 23.0 Å². The van der Waals surface area contributed by atoms with Crippen LogP contribution in [-0.4, -0.2) is 55.7 Å². The number of carbonyl (C=O) groups excluding carboxylic acids is 2. The number of ether oxygens (including phenoxy) is 2. The summed E-state index contributed by atoms with van der Waals surface area (Å²) < 4.78 is 10.4. The van der Waals surface area contributed by atoms with E-state index in [4.69, 9.17) is 26.4 Å². The first-order chi connectivity index (χ1) is 15.4. The van der Waals surface area contributed by atoms with Crippen molar-refractivity contribution in [3.8, 4) is 5.75 Å². The predicted octanol–water partition coefficient (Wildman–Crippen LogP) is 2.47. The monoisotopic (exact) mass is 436 g/mol. The number of nitrogens with zero attached hydrogens (tertiary/aromatic N) is 1. The fourth-order valence-corrected chi connectivity index (χ4v) is 3.44. The summed E-state index contributed by atoms with van der Waals surface area (Å²) in [5, 5.41) is 8.22. The molecule has 0 aliphatic carbocycles. The minimum Gasteiger partial charge on any atom is -0.491 e. The number of ketones is 1. The van der Waals surface area contributed by atoms with Crippen LogP contribution in [0.5, 0.6) is 5.75 Å². The van der Waals surface area contributed by atoms with Crippen LogP contribution in [0.2, 0.25) is 0 Å². The lowest BCUT2D eigenvalue weighted by Gasteiger charge is -2.15. The molecule has 8 heteroatoms. The van der Waals surface area contributed by atoms with E-state index in [2.05, 4.69) is 0 Å². The van der Waals surface area contributed by atoms with Crippen molar-refractivity contribution >= 4 is 28.8 Å². The summed E-state index contributed by atoms with van der Waals surface area (Å²) in [4.78, 5) is 26.9. The third-order valence-electron chi connectivity index (χ3n) is 5.24. The summed E-state index contributed by atoms with van der Waals surface area (Å²) in [6, 6.07) is 11.6. The summed E-state index contributed by atoms with van der Waals surface area (Å²) in [5.41, 5.74) is 13.8. The molecule has 1 aliphatic rings. The number of benzene rings is 2. The Morgan fingerprint density at radius 1 is 1.06 bits per heavy atom. The number of rotatable bonds is 9. The van der Waals surface area contributed by atoms with Crippen molar-refractivity contribution in [3.05, 3.63) is 65.2 Å². The molecular weight excluding hydrogens is 408 g/mol. The average Bonchev–Trinajstić information content (AvgIpc) is 3.33. The minimum absolute atomic E-state index is 0.000392. The number of methoxy groups -OCH3 is 1. The number of carbonyl (C=O) groups is 2. The summed E-state index contributed by atoms with van der Waals surface area (Å²) in [7, 11) is 1.58. The number of amides is 1. The van der Waals surface area contributed by atoms with Gasteiger partial charge in [-0.3, -0.25) is 15.0 Å². The van der Waals surface area contributed by atoms with Crippen LogP contribution in [-0.2, 0) is 9.53 Å². The van der Waals surface area contributed by atoms with Crippen LogP contribution in [0.15, 0.2) is 48.5 Å². The molecule has 0 atom stereocenters. The number of nitrogen functional groups attached to an aromatic ring is 1. The molecule has 2 aromatic carbocycles. The Bertz CT molecular complexity index is 1020. The van der Waals surface area contributed by atoms with Crippen LogP contribution in [0, 0.1) is 5.41 Å². The molecule has 0 saturated carbocycles. The third-order valence-corrected chi connectivity index (χ3v) is 5.24. The van der Waals surface area contributed by atoms with E-state index in [0.29, 0.717) is 35.7 Å². The third kappa shape index (κ3) is 5.53.